The lowest BCUT2D eigenvalue weighted by atomic mass is 10.0. The van der Waals surface area contributed by atoms with Crippen LogP contribution < -0.4 is 5.32 Å². The van der Waals surface area contributed by atoms with Crippen molar-refractivity contribution in [2.24, 2.45) is 0 Å². The summed E-state index contributed by atoms with van der Waals surface area (Å²) in [7, 11) is 1.28. The number of nitrogens with zero attached hydrogens (tertiary/aromatic N) is 1. The van der Waals surface area contributed by atoms with E-state index in [0.717, 1.165) is 22.0 Å². The molecule has 0 fully saturated rings. The maximum absolute atomic E-state index is 12.6. The van der Waals surface area contributed by atoms with Crippen LogP contribution in [-0.2, 0) is 14.3 Å². The minimum absolute atomic E-state index is 0.309. The summed E-state index contributed by atoms with van der Waals surface area (Å²) in [5.74, 6) is -1.64. The molecule has 0 unspecified atom stereocenters. The van der Waals surface area contributed by atoms with Crippen molar-refractivity contribution < 1.29 is 23.9 Å². The van der Waals surface area contributed by atoms with Crippen LogP contribution in [-0.4, -0.2) is 36.5 Å². The highest BCUT2D eigenvalue weighted by atomic mass is 16.5. The smallest absolute Gasteiger partial charge is 0.340 e. The van der Waals surface area contributed by atoms with E-state index < -0.39 is 24.5 Å². The van der Waals surface area contributed by atoms with Crippen molar-refractivity contribution in [1.29, 1.82) is 0 Å². The number of rotatable bonds is 5. The quantitative estimate of drug-likeness (QED) is 0.649. The van der Waals surface area contributed by atoms with Gasteiger partial charge in [-0.05, 0) is 50.1 Å². The van der Waals surface area contributed by atoms with E-state index in [4.69, 9.17) is 9.47 Å². The van der Waals surface area contributed by atoms with Gasteiger partial charge in [0.2, 0.25) is 0 Å². The van der Waals surface area contributed by atoms with Gasteiger partial charge < -0.3 is 14.8 Å². The lowest BCUT2D eigenvalue weighted by Gasteiger charge is -2.13. The highest BCUT2D eigenvalue weighted by molar-refractivity contribution is 6.00. The summed E-state index contributed by atoms with van der Waals surface area (Å²) in [6.07, 6.45) is 0. The molecular formula is C23H22N2O5. The van der Waals surface area contributed by atoms with Crippen molar-refractivity contribution >= 4 is 34.4 Å². The molecule has 0 saturated carbocycles. The van der Waals surface area contributed by atoms with E-state index in [0.29, 0.717) is 22.5 Å². The number of carbonyl (C=O) groups is 3. The second-order valence-electron chi connectivity index (χ2n) is 6.86. The Labute approximate surface area is 174 Å². The van der Waals surface area contributed by atoms with Gasteiger partial charge in [0.15, 0.2) is 6.61 Å². The van der Waals surface area contributed by atoms with Crippen molar-refractivity contribution in [3.8, 4) is 0 Å². The maximum atomic E-state index is 12.6. The van der Waals surface area contributed by atoms with Gasteiger partial charge in [-0.1, -0.05) is 24.3 Å². The number of para-hydroxylation sites is 1. The predicted molar refractivity (Wildman–Crippen MR) is 113 cm³/mol. The molecule has 0 radical (unpaired) electrons. The van der Waals surface area contributed by atoms with Gasteiger partial charge in [-0.15, -0.1) is 0 Å². The first-order chi connectivity index (χ1) is 14.3. The van der Waals surface area contributed by atoms with Gasteiger partial charge in [-0.3, -0.25) is 9.78 Å². The zero-order chi connectivity index (χ0) is 21.8. The van der Waals surface area contributed by atoms with Crippen LogP contribution in [0.3, 0.4) is 0 Å². The van der Waals surface area contributed by atoms with Gasteiger partial charge in [0.25, 0.3) is 5.91 Å². The number of hydrogen-bond acceptors (Lipinski definition) is 6. The topological polar surface area (TPSA) is 94.6 Å². The number of nitrogens with one attached hydrogen (secondary N) is 1. The molecule has 3 rings (SSSR count). The van der Waals surface area contributed by atoms with Crippen LogP contribution in [0.1, 0.15) is 37.5 Å². The SMILES string of the molecule is COC(=O)c1ccc(C)c(NC(=O)COC(=O)c2c(C)nc3ccccc3c2C)c1. The number of benzene rings is 2. The third kappa shape index (κ3) is 4.30. The lowest BCUT2D eigenvalue weighted by Crippen LogP contribution is -2.22. The molecule has 3 aromatic rings. The van der Waals surface area contributed by atoms with E-state index in [1.807, 2.05) is 31.2 Å². The second kappa shape index (κ2) is 8.73. The summed E-state index contributed by atoms with van der Waals surface area (Å²) in [6.45, 7) is 4.88. The van der Waals surface area contributed by atoms with Gasteiger partial charge in [-0.2, -0.15) is 0 Å². The minimum Gasteiger partial charge on any atom is -0.465 e. The fraction of sp³-hybridized carbons (Fsp3) is 0.217. The van der Waals surface area contributed by atoms with Crippen LogP contribution in [0.4, 0.5) is 5.69 Å². The molecule has 1 N–H and O–H groups in total. The number of pyridine rings is 1. The standard InChI is InChI=1S/C23H22N2O5/c1-13-9-10-16(22(27)29-4)11-19(13)25-20(26)12-30-23(28)21-14(2)17-7-5-6-8-18(17)24-15(21)3/h5-11H,12H2,1-4H3,(H,25,26). The summed E-state index contributed by atoms with van der Waals surface area (Å²) in [4.78, 5) is 41.1. The summed E-state index contributed by atoms with van der Waals surface area (Å²) >= 11 is 0. The summed E-state index contributed by atoms with van der Waals surface area (Å²) < 4.78 is 9.92. The molecule has 2 aromatic carbocycles. The molecule has 7 nitrogen and oxygen atoms in total. The van der Waals surface area contributed by atoms with Crippen molar-refractivity contribution in [3.05, 3.63) is 70.4 Å². The first-order valence-electron chi connectivity index (χ1n) is 9.33. The molecule has 1 aromatic heterocycles. The Hall–Kier alpha value is -3.74. The van der Waals surface area contributed by atoms with Crippen LogP contribution >= 0.6 is 0 Å². The van der Waals surface area contributed by atoms with Crippen LogP contribution in [0.2, 0.25) is 0 Å². The molecule has 30 heavy (non-hydrogen) atoms. The Bertz CT molecular complexity index is 1150. The first-order valence-corrected chi connectivity index (χ1v) is 9.33. The Balaban J connectivity index is 1.72. The molecule has 0 aliphatic heterocycles. The number of aryl methyl sites for hydroxylation is 3. The molecule has 154 valence electrons. The zero-order valence-electron chi connectivity index (χ0n) is 17.2. The van der Waals surface area contributed by atoms with Crippen molar-refractivity contribution in [1.82, 2.24) is 4.98 Å². The Morgan fingerprint density at radius 3 is 2.47 bits per heavy atom. The summed E-state index contributed by atoms with van der Waals surface area (Å²) in [5, 5.41) is 3.51. The van der Waals surface area contributed by atoms with Gasteiger partial charge in [-0.25, -0.2) is 9.59 Å². The zero-order valence-corrected chi connectivity index (χ0v) is 17.2. The average molecular weight is 406 g/mol. The van der Waals surface area contributed by atoms with Gasteiger partial charge in [0, 0.05) is 11.1 Å². The monoisotopic (exact) mass is 406 g/mol. The van der Waals surface area contributed by atoms with Crippen LogP contribution in [0.15, 0.2) is 42.5 Å². The Morgan fingerprint density at radius 2 is 1.73 bits per heavy atom. The van der Waals surface area contributed by atoms with E-state index >= 15 is 0 Å². The number of esters is 2. The lowest BCUT2D eigenvalue weighted by molar-refractivity contribution is -0.119. The molecule has 7 heteroatoms. The molecule has 1 amide bonds. The highest BCUT2D eigenvalue weighted by Crippen LogP contribution is 2.23. The number of anilines is 1. The molecule has 0 saturated heterocycles. The fourth-order valence-electron chi connectivity index (χ4n) is 3.22. The second-order valence-corrected chi connectivity index (χ2v) is 6.86. The largest absolute Gasteiger partial charge is 0.465 e. The number of ether oxygens (including phenoxy) is 2. The molecule has 0 atom stereocenters. The third-order valence-corrected chi connectivity index (χ3v) is 4.80. The van der Waals surface area contributed by atoms with E-state index in [1.165, 1.54) is 13.2 Å². The molecule has 0 aliphatic carbocycles. The Kier molecular flexibility index (Phi) is 6.11. The van der Waals surface area contributed by atoms with Gasteiger partial charge in [0.1, 0.15) is 0 Å². The number of methoxy groups -OCH3 is 1. The first kappa shape index (κ1) is 21.0. The van der Waals surface area contributed by atoms with Crippen molar-refractivity contribution in [2.45, 2.75) is 20.8 Å². The molecule has 0 bridgehead atoms. The van der Waals surface area contributed by atoms with Crippen molar-refractivity contribution in [3.63, 3.8) is 0 Å². The van der Waals surface area contributed by atoms with E-state index in [9.17, 15) is 14.4 Å². The van der Waals surface area contributed by atoms with Crippen LogP contribution in [0.25, 0.3) is 10.9 Å². The fourth-order valence-corrected chi connectivity index (χ4v) is 3.22. The highest BCUT2D eigenvalue weighted by Gasteiger charge is 2.19. The molecule has 0 spiro atoms. The molecular weight excluding hydrogens is 384 g/mol. The normalized spacial score (nSPS) is 10.5. The van der Waals surface area contributed by atoms with E-state index in [-0.39, 0.29) is 0 Å². The maximum Gasteiger partial charge on any atom is 0.340 e. The number of hydrogen-bond donors (Lipinski definition) is 1. The third-order valence-electron chi connectivity index (χ3n) is 4.80. The molecule has 0 aliphatic rings. The van der Waals surface area contributed by atoms with E-state index in [1.54, 1.807) is 26.0 Å². The minimum atomic E-state index is -0.613. The number of amides is 1. The summed E-state index contributed by atoms with van der Waals surface area (Å²) in [5.41, 5.74) is 3.95. The van der Waals surface area contributed by atoms with Gasteiger partial charge >= 0.3 is 11.9 Å². The number of carbonyl (C=O) groups excluding carboxylic acids is 3. The Morgan fingerprint density at radius 1 is 1.00 bits per heavy atom. The van der Waals surface area contributed by atoms with Crippen molar-refractivity contribution in [2.75, 3.05) is 19.0 Å². The van der Waals surface area contributed by atoms with Gasteiger partial charge in [0.05, 0.1) is 29.4 Å². The van der Waals surface area contributed by atoms with E-state index in [2.05, 4.69) is 10.3 Å². The number of aromatic nitrogens is 1. The van der Waals surface area contributed by atoms with Crippen LogP contribution in [0, 0.1) is 20.8 Å². The molecule has 1 heterocycles. The number of fused-ring (bicyclic) bond motifs is 1. The van der Waals surface area contributed by atoms with Crippen LogP contribution in [0.5, 0.6) is 0 Å². The average Bonchev–Trinajstić information content (AvgIpc) is 2.73. The predicted octanol–water partition coefficient (Wildman–Crippen LogP) is 3.74. The summed E-state index contributed by atoms with van der Waals surface area (Å²) in [6, 6.07) is 12.3.